The van der Waals surface area contributed by atoms with Gasteiger partial charge in [0.15, 0.2) is 0 Å². The Labute approximate surface area is 80.6 Å². The van der Waals surface area contributed by atoms with Gasteiger partial charge in [-0.25, -0.2) is 0 Å². The minimum absolute atomic E-state index is 0.770. The van der Waals surface area contributed by atoms with Crippen molar-refractivity contribution in [3.63, 3.8) is 0 Å². The maximum absolute atomic E-state index is 5.36. The quantitative estimate of drug-likeness (QED) is 0.613. The maximum Gasteiger partial charge on any atom is 0.0642 e. The lowest BCUT2D eigenvalue weighted by atomic mass is 9.93. The van der Waals surface area contributed by atoms with Gasteiger partial charge in [0.25, 0.3) is 0 Å². The fourth-order valence-electron chi connectivity index (χ4n) is 2.29. The highest BCUT2D eigenvalue weighted by Crippen LogP contribution is 2.27. The van der Waals surface area contributed by atoms with Crippen LogP contribution in [0.3, 0.4) is 0 Å². The number of allylic oxidation sites excluding steroid dienone is 2. The molecule has 1 fully saturated rings. The molecule has 2 aliphatic rings. The van der Waals surface area contributed by atoms with E-state index in [0.717, 1.165) is 32.2 Å². The van der Waals surface area contributed by atoms with Crippen LogP contribution in [0, 0.1) is 5.92 Å². The number of hydrogen-bond acceptors (Lipinski definition) is 2. The van der Waals surface area contributed by atoms with Crippen LogP contribution in [0.1, 0.15) is 26.2 Å². The van der Waals surface area contributed by atoms with E-state index in [2.05, 4.69) is 17.9 Å². The van der Waals surface area contributed by atoms with Crippen LogP contribution in [-0.4, -0.2) is 31.2 Å². The normalized spacial score (nSPS) is 30.1. The molecule has 0 aromatic rings. The van der Waals surface area contributed by atoms with Gasteiger partial charge >= 0.3 is 0 Å². The molecule has 0 aromatic carbocycles. The zero-order valence-corrected chi connectivity index (χ0v) is 8.46. The number of ether oxygens (including phenoxy) is 1. The topological polar surface area (TPSA) is 12.5 Å². The van der Waals surface area contributed by atoms with Gasteiger partial charge in [0, 0.05) is 18.8 Å². The smallest absolute Gasteiger partial charge is 0.0642 e. The van der Waals surface area contributed by atoms with Crippen molar-refractivity contribution in [1.82, 2.24) is 4.90 Å². The van der Waals surface area contributed by atoms with E-state index < -0.39 is 0 Å². The molecule has 1 aliphatic heterocycles. The average molecular weight is 181 g/mol. The molecule has 0 bridgehead atoms. The third-order valence-electron chi connectivity index (χ3n) is 3.08. The van der Waals surface area contributed by atoms with Crippen molar-refractivity contribution < 1.29 is 4.74 Å². The van der Waals surface area contributed by atoms with E-state index in [1.807, 2.05) is 0 Å². The summed E-state index contributed by atoms with van der Waals surface area (Å²) >= 11 is 0. The van der Waals surface area contributed by atoms with Gasteiger partial charge in [-0.3, -0.25) is 0 Å². The van der Waals surface area contributed by atoms with E-state index in [1.165, 1.54) is 19.3 Å². The van der Waals surface area contributed by atoms with Crippen LogP contribution in [0.15, 0.2) is 11.8 Å². The highest BCUT2D eigenvalue weighted by Gasteiger charge is 2.20. The van der Waals surface area contributed by atoms with Gasteiger partial charge in [-0.05, 0) is 25.2 Å². The van der Waals surface area contributed by atoms with Gasteiger partial charge in [0.05, 0.1) is 13.2 Å². The molecule has 1 aliphatic carbocycles. The van der Waals surface area contributed by atoms with Crippen molar-refractivity contribution in [1.29, 1.82) is 0 Å². The predicted octanol–water partition coefficient (Wildman–Crippen LogP) is 2.02. The zero-order chi connectivity index (χ0) is 9.10. The van der Waals surface area contributed by atoms with Crippen LogP contribution >= 0.6 is 0 Å². The molecule has 2 rings (SSSR count). The fourth-order valence-corrected chi connectivity index (χ4v) is 2.29. The monoisotopic (exact) mass is 181 g/mol. The highest BCUT2D eigenvalue weighted by molar-refractivity contribution is 5.08. The summed E-state index contributed by atoms with van der Waals surface area (Å²) in [5.41, 5.74) is 1.58. The minimum Gasteiger partial charge on any atom is -0.378 e. The minimum atomic E-state index is 0.770. The van der Waals surface area contributed by atoms with Crippen LogP contribution < -0.4 is 0 Å². The van der Waals surface area contributed by atoms with Crippen molar-refractivity contribution in [3.05, 3.63) is 11.8 Å². The summed E-state index contributed by atoms with van der Waals surface area (Å²) in [6, 6.07) is 0. The predicted molar refractivity (Wildman–Crippen MR) is 53.5 cm³/mol. The summed E-state index contributed by atoms with van der Waals surface area (Å²) in [7, 11) is 0. The lowest BCUT2D eigenvalue weighted by Crippen LogP contribution is -2.38. The molecule has 1 saturated heterocycles. The molecule has 1 atom stereocenters. The zero-order valence-electron chi connectivity index (χ0n) is 8.46. The largest absolute Gasteiger partial charge is 0.378 e. The summed E-state index contributed by atoms with van der Waals surface area (Å²) in [5, 5.41) is 0. The number of hydrogen-bond donors (Lipinski definition) is 0. The Balaban J connectivity index is 2.00. The van der Waals surface area contributed by atoms with Gasteiger partial charge in [0.2, 0.25) is 0 Å². The molecule has 0 N–H and O–H groups in total. The molecule has 2 heteroatoms. The Morgan fingerprint density at radius 2 is 2.15 bits per heavy atom. The number of morpholine rings is 1. The van der Waals surface area contributed by atoms with E-state index in [9.17, 15) is 0 Å². The van der Waals surface area contributed by atoms with E-state index in [0.29, 0.717) is 0 Å². The number of nitrogens with zero attached hydrogens (tertiary/aromatic N) is 1. The summed E-state index contributed by atoms with van der Waals surface area (Å²) in [5.74, 6) is 0.770. The van der Waals surface area contributed by atoms with Crippen LogP contribution in [0.5, 0.6) is 0 Å². The lowest BCUT2D eigenvalue weighted by molar-refractivity contribution is 0.0478. The van der Waals surface area contributed by atoms with Gasteiger partial charge in [0.1, 0.15) is 0 Å². The Morgan fingerprint density at radius 3 is 2.85 bits per heavy atom. The Hall–Kier alpha value is -0.500. The van der Waals surface area contributed by atoms with Gasteiger partial charge in [-0.1, -0.05) is 13.0 Å². The van der Waals surface area contributed by atoms with Crippen molar-refractivity contribution >= 4 is 0 Å². The molecule has 74 valence electrons. The summed E-state index contributed by atoms with van der Waals surface area (Å²) in [6.07, 6.45) is 6.44. The second-order valence-electron chi connectivity index (χ2n) is 4.06. The molecule has 1 unspecified atom stereocenters. The van der Waals surface area contributed by atoms with Gasteiger partial charge in [-0.15, -0.1) is 0 Å². The molecule has 1 heterocycles. The van der Waals surface area contributed by atoms with Crippen molar-refractivity contribution in [2.75, 3.05) is 26.3 Å². The molecule has 13 heavy (non-hydrogen) atoms. The molecular formula is C11H19NO. The van der Waals surface area contributed by atoms with E-state index in [1.54, 1.807) is 5.70 Å². The molecule has 0 amide bonds. The first-order chi connectivity index (χ1) is 6.38. The lowest BCUT2D eigenvalue weighted by Gasteiger charge is -2.35. The molecule has 0 spiro atoms. The third-order valence-corrected chi connectivity index (χ3v) is 3.08. The van der Waals surface area contributed by atoms with Crippen LogP contribution in [0.25, 0.3) is 0 Å². The van der Waals surface area contributed by atoms with E-state index in [4.69, 9.17) is 4.74 Å². The fraction of sp³-hybridized carbons (Fsp3) is 0.818. The van der Waals surface area contributed by atoms with Crippen LogP contribution in [-0.2, 0) is 4.74 Å². The first kappa shape index (κ1) is 9.07. The SMILES string of the molecule is CC1CCCC=C1N1CCOCC1. The Bertz CT molecular complexity index is 194. The second kappa shape index (κ2) is 4.14. The maximum atomic E-state index is 5.36. The van der Waals surface area contributed by atoms with Crippen LogP contribution in [0.4, 0.5) is 0 Å². The Morgan fingerprint density at radius 1 is 1.38 bits per heavy atom. The van der Waals surface area contributed by atoms with Crippen LogP contribution in [0.2, 0.25) is 0 Å². The number of rotatable bonds is 1. The third kappa shape index (κ3) is 2.05. The highest BCUT2D eigenvalue weighted by atomic mass is 16.5. The summed E-state index contributed by atoms with van der Waals surface area (Å²) < 4.78 is 5.36. The van der Waals surface area contributed by atoms with Gasteiger partial charge < -0.3 is 9.64 Å². The van der Waals surface area contributed by atoms with Crippen molar-refractivity contribution in [2.45, 2.75) is 26.2 Å². The summed E-state index contributed by atoms with van der Waals surface area (Å²) in [6.45, 7) is 6.35. The second-order valence-corrected chi connectivity index (χ2v) is 4.06. The summed E-state index contributed by atoms with van der Waals surface area (Å²) in [4.78, 5) is 2.51. The standard InChI is InChI=1S/C11H19NO/c1-10-4-2-3-5-11(10)12-6-8-13-9-7-12/h5,10H,2-4,6-9H2,1H3. The first-order valence-corrected chi connectivity index (χ1v) is 5.40. The molecular weight excluding hydrogens is 162 g/mol. The molecule has 0 saturated carbocycles. The average Bonchev–Trinajstić information content (AvgIpc) is 2.20. The Kier molecular flexibility index (Phi) is 2.89. The van der Waals surface area contributed by atoms with Gasteiger partial charge in [-0.2, -0.15) is 0 Å². The van der Waals surface area contributed by atoms with E-state index in [-0.39, 0.29) is 0 Å². The van der Waals surface area contributed by atoms with E-state index >= 15 is 0 Å². The molecule has 0 aromatic heterocycles. The molecule has 2 nitrogen and oxygen atoms in total. The molecule has 0 radical (unpaired) electrons. The van der Waals surface area contributed by atoms with Crippen molar-refractivity contribution in [3.8, 4) is 0 Å². The van der Waals surface area contributed by atoms with Crippen molar-refractivity contribution in [2.24, 2.45) is 5.92 Å². The first-order valence-electron chi connectivity index (χ1n) is 5.40.